The monoisotopic (exact) mass is 512 g/mol. The summed E-state index contributed by atoms with van der Waals surface area (Å²) >= 11 is 0. The topological polar surface area (TPSA) is 144 Å². The molecule has 0 aliphatic heterocycles. The lowest BCUT2D eigenvalue weighted by Crippen LogP contribution is -2.36. The number of ether oxygens (including phenoxy) is 1. The van der Waals surface area contributed by atoms with Crippen LogP contribution in [0.25, 0.3) is 11.1 Å². The van der Waals surface area contributed by atoms with Gasteiger partial charge in [0.2, 0.25) is 0 Å². The first-order valence-electron chi connectivity index (χ1n) is 12.1. The quantitative estimate of drug-likeness (QED) is 0.223. The maximum Gasteiger partial charge on any atom is 0.411 e. The fourth-order valence-corrected chi connectivity index (χ4v) is 4.10. The summed E-state index contributed by atoms with van der Waals surface area (Å²) in [4.78, 5) is 35.5. The molecule has 5 amide bonds. The minimum Gasteiger partial charge on any atom is -0.449 e. The molecule has 3 aromatic carbocycles. The molecule has 10 heteroatoms. The zero-order chi connectivity index (χ0) is 26.9. The summed E-state index contributed by atoms with van der Waals surface area (Å²) in [6.45, 7) is 0.825. The maximum atomic E-state index is 12.2. The van der Waals surface area contributed by atoms with Crippen LogP contribution in [-0.4, -0.2) is 38.4 Å². The number of rotatable bonds is 8. The second-order valence-corrected chi connectivity index (χ2v) is 8.66. The predicted octanol–water partition coefficient (Wildman–Crippen LogP) is 4.32. The molecule has 0 saturated carbocycles. The number of fused-ring (bicyclic) bond motifs is 3. The Morgan fingerprint density at radius 2 is 1.58 bits per heavy atom. The van der Waals surface area contributed by atoms with Gasteiger partial charge >= 0.3 is 18.2 Å². The Hall–Kier alpha value is -5.04. The molecule has 0 atom stereocenters. The van der Waals surface area contributed by atoms with Gasteiger partial charge in [0, 0.05) is 31.5 Å². The van der Waals surface area contributed by atoms with Crippen molar-refractivity contribution >= 4 is 29.5 Å². The van der Waals surface area contributed by atoms with Gasteiger partial charge in [0.15, 0.2) is 0 Å². The van der Waals surface area contributed by atoms with Crippen LogP contribution < -0.4 is 26.6 Å². The van der Waals surface area contributed by atoms with Gasteiger partial charge in [-0.1, -0.05) is 24.3 Å². The summed E-state index contributed by atoms with van der Waals surface area (Å²) in [5.41, 5.74) is 7.19. The normalized spacial score (nSPS) is 10.8. The summed E-state index contributed by atoms with van der Waals surface area (Å²) in [7, 11) is 1.54. The molecule has 194 valence electrons. The number of benzene rings is 3. The number of nitriles is 1. The van der Waals surface area contributed by atoms with Crippen molar-refractivity contribution in [2.75, 3.05) is 30.8 Å². The van der Waals surface area contributed by atoms with E-state index in [1.165, 1.54) is 7.05 Å². The number of carbonyl (C=O) groups is 3. The van der Waals surface area contributed by atoms with Gasteiger partial charge in [-0.05, 0) is 77.1 Å². The standard InChI is InChI=1S/C28H28N6O4/c1-30-26(35)33-22-6-3-18(4-7-22)17-32-27(36)31-11-2-12-38-28(37)34-23-8-10-25-21(15-23)14-20-13-19(16-29)5-9-24(20)25/h3-10,13,15H,2,11-12,14,17H2,1H3,(H,34,37)(H2,30,33,35)(H2,31,32,36). The first-order valence-corrected chi connectivity index (χ1v) is 12.1. The molecule has 0 spiro atoms. The maximum absolute atomic E-state index is 12.2. The smallest absolute Gasteiger partial charge is 0.411 e. The third kappa shape index (κ3) is 6.79. The van der Waals surface area contributed by atoms with Gasteiger partial charge in [-0.2, -0.15) is 5.26 Å². The molecular formula is C28H28N6O4. The van der Waals surface area contributed by atoms with Crippen LogP contribution in [0.1, 0.15) is 28.7 Å². The molecule has 38 heavy (non-hydrogen) atoms. The predicted molar refractivity (Wildman–Crippen MR) is 144 cm³/mol. The number of nitrogens with one attached hydrogen (secondary N) is 5. The highest BCUT2D eigenvalue weighted by Crippen LogP contribution is 2.38. The van der Waals surface area contributed by atoms with Gasteiger partial charge in [0.25, 0.3) is 0 Å². The molecule has 1 aliphatic carbocycles. The minimum atomic E-state index is -0.564. The zero-order valence-corrected chi connectivity index (χ0v) is 20.9. The molecule has 1 aliphatic rings. The Bertz CT molecular complexity index is 1380. The van der Waals surface area contributed by atoms with Crippen molar-refractivity contribution in [2.24, 2.45) is 0 Å². The van der Waals surface area contributed by atoms with Crippen LogP contribution in [0, 0.1) is 11.3 Å². The average Bonchev–Trinajstić information content (AvgIpc) is 3.29. The van der Waals surface area contributed by atoms with E-state index in [0.29, 0.717) is 42.9 Å². The van der Waals surface area contributed by atoms with Crippen molar-refractivity contribution in [2.45, 2.75) is 19.4 Å². The van der Waals surface area contributed by atoms with Gasteiger partial charge in [0.05, 0.1) is 18.2 Å². The van der Waals surface area contributed by atoms with Gasteiger partial charge in [-0.15, -0.1) is 0 Å². The van der Waals surface area contributed by atoms with Crippen LogP contribution in [0.15, 0.2) is 60.7 Å². The number of nitrogens with zero attached hydrogens (tertiary/aromatic N) is 1. The van der Waals surface area contributed by atoms with E-state index in [4.69, 9.17) is 10.00 Å². The molecule has 5 N–H and O–H groups in total. The van der Waals surface area contributed by atoms with Crippen LogP contribution in [0.5, 0.6) is 0 Å². The zero-order valence-electron chi connectivity index (χ0n) is 20.9. The number of hydrogen-bond donors (Lipinski definition) is 5. The SMILES string of the molecule is CNC(=O)Nc1ccc(CNC(=O)NCCCOC(=O)Nc2ccc3c(c2)Cc2cc(C#N)ccc2-3)cc1. The molecule has 0 unspecified atom stereocenters. The number of hydrogen-bond acceptors (Lipinski definition) is 5. The van der Waals surface area contributed by atoms with E-state index < -0.39 is 6.09 Å². The Morgan fingerprint density at radius 3 is 2.32 bits per heavy atom. The number of urea groups is 2. The highest BCUT2D eigenvalue weighted by Gasteiger charge is 2.19. The molecule has 4 rings (SSSR count). The number of carbonyl (C=O) groups excluding carboxylic acids is 3. The number of amides is 5. The van der Waals surface area contributed by atoms with Gasteiger partial charge in [0.1, 0.15) is 0 Å². The highest BCUT2D eigenvalue weighted by molar-refractivity contribution is 5.89. The van der Waals surface area contributed by atoms with E-state index in [1.807, 2.05) is 48.5 Å². The Balaban J connectivity index is 1.12. The fourth-order valence-electron chi connectivity index (χ4n) is 4.10. The summed E-state index contributed by atoms with van der Waals surface area (Å²) < 4.78 is 5.22. The Labute approximate surface area is 220 Å². The molecule has 10 nitrogen and oxygen atoms in total. The average molecular weight is 513 g/mol. The van der Waals surface area contributed by atoms with E-state index in [0.717, 1.165) is 27.8 Å². The van der Waals surface area contributed by atoms with Crippen molar-refractivity contribution in [3.05, 3.63) is 82.9 Å². The second kappa shape index (κ2) is 12.3. The Kier molecular flexibility index (Phi) is 8.41. The highest BCUT2D eigenvalue weighted by atomic mass is 16.5. The van der Waals surface area contributed by atoms with Crippen LogP contribution in [0.4, 0.5) is 25.8 Å². The largest absolute Gasteiger partial charge is 0.449 e. The fraction of sp³-hybridized carbons (Fsp3) is 0.214. The molecule has 0 radical (unpaired) electrons. The van der Waals surface area contributed by atoms with Crippen molar-refractivity contribution in [3.8, 4) is 17.2 Å². The first kappa shape index (κ1) is 26.0. The van der Waals surface area contributed by atoms with E-state index in [1.54, 1.807) is 12.1 Å². The van der Waals surface area contributed by atoms with E-state index in [-0.39, 0.29) is 18.7 Å². The van der Waals surface area contributed by atoms with Crippen LogP contribution in [0.3, 0.4) is 0 Å². The molecule has 0 bridgehead atoms. The number of anilines is 2. The van der Waals surface area contributed by atoms with Crippen molar-refractivity contribution in [1.29, 1.82) is 5.26 Å². The van der Waals surface area contributed by atoms with Crippen molar-refractivity contribution in [1.82, 2.24) is 16.0 Å². The lowest BCUT2D eigenvalue weighted by Gasteiger charge is -2.10. The van der Waals surface area contributed by atoms with Crippen molar-refractivity contribution in [3.63, 3.8) is 0 Å². The van der Waals surface area contributed by atoms with Crippen molar-refractivity contribution < 1.29 is 19.1 Å². The molecule has 0 heterocycles. The summed E-state index contributed by atoms with van der Waals surface area (Å²) in [5.74, 6) is 0. The molecular weight excluding hydrogens is 484 g/mol. The van der Waals surface area contributed by atoms with Gasteiger partial charge in [-0.3, -0.25) is 5.32 Å². The van der Waals surface area contributed by atoms with Crippen LogP contribution >= 0.6 is 0 Å². The molecule has 0 aromatic heterocycles. The summed E-state index contributed by atoms with van der Waals surface area (Å²) in [6, 6.07) is 20.0. The van der Waals surface area contributed by atoms with Crippen LogP contribution in [-0.2, 0) is 17.7 Å². The van der Waals surface area contributed by atoms with E-state index in [9.17, 15) is 14.4 Å². The summed E-state index contributed by atoms with van der Waals surface area (Å²) in [6.07, 6.45) is 0.603. The van der Waals surface area contributed by atoms with Gasteiger partial charge < -0.3 is 26.0 Å². The first-order chi connectivity index (χ1) is 18.4. The third-order valence-electron chi connectivity index (χ3n) is 5.99. The lowest BCUT2D eigenvalue weighted by atomic mass is 10.0. The lowest BCUT2D eigenvalue weighted by molar-refractivity contribution is 0.160. The van der Waals surface area contributed by atoms with Gasteiger partial charge in [-0.25, -0.2) is 14.4 Å². The summed E-state index contributed by atoms with van der Waals surface area (Å²) in [5, 5.41) is 22.5. The second-order valence-electron chi connectivity index (χ2n) is 8.66. The van der Waals surface area contributed by atoms with E-state index >= 15 is 0 Å². The van der Waals surface area contributed by atoms with E-state index in [2.05, 4.69) is 32.7 Å². The Morgan fingerprint density at radius 1 is 0.868 bits per heavy atom. The molecule has 0 fully saturated rings. The molecule has 3 aromatic rings. The van der Waals surface area contributed by atoms with Crippen LogP contribution in [0.2, 0.25) is 0 Å². The third-order valence-corrected chi connectivity index (χ3v) is 5.99. The minimum absolute atomic E-state index is 0.152. The molecule has 0 saturated heterocycles.